The molecule has 0 aliphatic carbocycles. The van der Waals surface area contributed by atoms with Crippen LogP contribution in [0.25, 0.3) is 0 Å². The molecule has 0 aromatic rings. The number of aliphatic hydroxyl groups is 1. The van der Waals surface area contributed by atoms with E-state index in [0.29, 0.717) is 6.42 Å². The van der Waals surface area contributed by atoms with E-state index < -0.39 is 14.6 Å². The van der Waals surface area contributed by atoms with Gasteiger partial charge in [0.05, 0.1) is 18.3 Å². The summed E-state index contributed by atoms with van der Waals surface area (Å²) in [6.45, 7) is 13.0. The highest BCUT2D eigenvalue weighted by molar-refractivity contribution is 6.74. The van der Waals surface area contributed by atoms with Crippen LogP contribution >= 0.6 is 0 Å². The largest absolute Gasteiger partial charge is 0.409 e. The lowest BCUT2D eigenvalue weighted by molar-refractivity contribution is -0.228. The van der Waals surface area contributed by atoms with Crippen molar-refractivity contribution in [2.75, 3.05) is 7.11 Å². The van der Waals surface area contributed by atoms with Gasteiger partial charge in [-0.15, -0.1) is 0 Å². The Labute approximate surface area is 112 Å². The van der Waals surface area contributed by atoms with Crippen molar-refractivity contribution >= 4 is 8.32 Å². The van der Waals surface area contributed by atoms with Crippen molar-refractivity contribution in [2.24, 2.45) is 0 Å². The summed E-state index contributed by atoms with van der Waals surface area (Å²) >= 11 is 0. The third-order valence-corrected chi connectivity index (χ3v) is 8.65. The van der Waals surface area contributed by atoms with Gasteiger partial charge >= 0.3 is 0 Å². The van der Waals surface area contributed by atoms with Crippen molar-refractivity contribution < 1.29 is 19.0 Å². The maximum Gasteiger partial charge on any atom is 0.192 e. The smallest absolute Gasteiger partial charge is 0.192 e. The number of aliphatic hydroxyl groups excluding tert-OH is 1. The second-order valence-corrected chi connectivity index (χ2v) is 11.4. The molecule has 1 aliphatic heterocycles. The van der Waals surface area contributed by atoms with E-state index in [-0.39, 0.29) is 23.4 Å². The zero-order chi connectivity index (χ0) is 14.1. The molecule has 5 heteroatoms. The number of hydrogen-bond donors (Lipinski definition) is 1. The summed E-state index contributed by atoms with van der Waals surface area (Å²) < 4.78 is 17.3. The highest BCUT2D eigenvalue weighted by atomic mass is 28.4. The van der Waals surface area contributed by atoms with Gasteiger partial charge < -0.3 is 19.0 Å². The second-order valence-electron chi connectivity index (χ2n) is 6.65. The van der Waals surface area contributed by atoms with Gasteiger partial charge in [-0.05, 0) is 25.1 Å². The summed E-state index contributed by atoms with van der Waals surface area (Å²) in [5, 5.41) is 9.76. The zero-order valence-corrected chi connectivity index (χ0v) is 13.7. The molecule has 0 spiro atoms. The van der Waals surface area contributed by atoms with E-state index >= 15 is 0 Å². The Balaban J connectivity index is 2.80. The lowest BCUT2D eigenvalue weighted by Gasteiger charge is -2.45. The standard InChI is InChI=1S/C13H28O4Si/c1-9-12(10(15-5)8-11(14)16-9)17-18(6,7)13(2,3)4/h9-12,14H,8H2,1-7H3/t9-,10-,11?,12-/m1/s1. The Morgan fingerprint density at radius 3 is 2.28 bits per heavy atom. The van der Waals surface area contributed by atoms with E-state index in [9.17, 15) is 5.11 Å². The van der Waals surface area contributed by atoms with Crippen LogP contribution < -0.4 is 0 Å². The van der Waals surface area contributed by atoms with E-state index in [2.05, 4.69) is 33.9 Å². The minimum atomic E-state index is -1.86. The van der Waals surface area contributed by atoms with Crippen LogP contribution in [0.1, 0.15) is 34.1 Å². The Morgan fingerprint density at radius 2 is 1.83 bits per heavy atom. The van der Waals surface area contributed by atoms with Crippen molar-refractivity contribution in [3.05, 3.63) is 0 Å². The summed E-state index contributed by atoms with van der Waals surface area (Å²) in [5.74, 6) is 0. The number of rotatable bonds is 3. The molecule has 0 radical (unpaired) electrons. The van der Waals surface area contributed by atoms with Gasteiger partial charge in [-0.3, -0.25) is 0 Å². The van der Waals surface area contributed by atoms with E-state index in [1.54, 1.807) is 7.11 Å². The highest BCUT2D eigenvalue weighted by Gasteiger charge is 2.45. The molecule has 1 aliphatic rings. The maximum absolute atomic E-state index is 9.61. The topological polar surface area (TPSA) is 47.9 Å². The first-order valence-electron chi connectivity index (χ1n) is 6.62. The van der Waals surface area contributed by atoms with Crippen molar-refractivity contribution in [1.29, 1.82) is 0 Å². The quantitative estimate of drug-likeness (QED) is 0.805. The van der Waals surface area contributed by atoms with Gasteiger partial charge in [0.25, 0.3) is 0 Å². The Kier molecular flexibility index (Phi) is 5.00. The van der Waals surface area contributed by atoms with Crippen LogP contribution in [0.15, 0.2) is 0 Å². The fraction of sp³-hybridized carbons (Fsp3) is 1.00. The third-order valence-electron chi connectivity index (χ3n) is 4.17. The van der Waals surface area contributed by atoms with Crippen LogP contribution in [-0.2, 0) is 13.9 Å². The first-order valence-corrected chi connectivity index (χ1v) is 9.53. The summed E-state index contributed by atoms with van der Waals surface area (Å²) in [7, 11) is -0.192. The predicted octanol–water partition coefficient (Wildman–Crippen LogP) is 2.52. The van der Waals surface area contributed by atoms with E-state index in [4.69, 9.17) is 13.9 Å². The van der Waals surface area contributed by atoms with Crippen LogP contribution in [0, 0.1) is 0 Å². The molecular weight excluding hydrogens is 248 g/mol. The third kappa shape index (κ3) is 3.54. The lowest BCUT2D eigenvalue weighted by atomic mass is 10.0. The average molecular weight is 276 g/mol. The van der Waals surface area contributed by atoms with Gasteiger partial charge in [0, 0.05) is 13.5 Å². The second kappa shape index (κ2) is 5.59. The molecule has 1 N–H and O–H groups in total. The van der Waals surface area contributed by atoms with Crippen molar-refractivity contribution in [1.82, 2.24) is 0 Å². The molecule has 0 aromatic carbocycles. The van der Waals surface area contributed by atoms with E-state index in [1.807, 2.05) is 6.92 Å². The monoisotopic (exact) mass is 276 g/mol. The predicted molar refractivity (Wildman–Crippen MR) is 74.0 cm³/mol. The summed E-state index contributed by atoms with van der Waals surface area (Å²) in [5.41, 5.74) is 0. The van der Waals surface area contributed by atoms with Crippen LogP contribution in [0.3, 0.4) is 0 Å². The molecule has 18 heavy (non-hydrogen) atoms. The normalized spacial score (nSPS) is 34.7. The lowest BCUT2D eigenvalue weighted by Crippen LogP contribution is -2.55. The Hall–Kier alpha value is 0.0569. The van der Waals surface area contributed by atoms with Crippen LogP contribution in [-0.4, -0.2) is 45.1 Å². The van der Waals surface area contributed by atoms with Crippen molar-refractivity contribution in [3.63, 3.8) is 0 Å². The molecule has 0 bridgehead atoms. The minimum Gasteiger partial charge on any atom is -0.409 e. The highest BCUT2D eigenvalue weighted by Crippen LogP contribution is 2.39. The molecule has 0 saturated carbocycles. The van der Waals surface area contributed by atoms with Gasteiger partial charge in [-0.2, -0.15) is 0 Å². The van der Waals surface area contributed by atoms with Crippen LogP contribution in [0.4, 0.5) is 0 Å². The van der Waals surface area contributed by atoms with E-state index in [1.165, 1.54) is 0 Å². The molecule has 1 fully saturated rings. The summed E-state index contributed by atoms with van der Waals surface area (Å²) in [6.07, 6.45) is -0.616. The number of ether oxygens (including phenoxy) is 2. The van der Waals surface area contributed by atoms with Gasteiger partial charge in [0.1, 0.15) is 0 Å². The van der Waals surface area contributed by atoms with Gasteiger partial charge in [0.15, 0.2) is 14.6 Å². The molecular formula is C13H28O4Si. The number of methoxy groups -OCH3 is 1. The first-order chi connectivity index (χ1) is 8.08. The Morgan fingerprint density at radius 1 is 1.28 bits per heavy atom. The minimum absolute atomic E-state index is 0.0979. The summed E-state index contributed by atoms with van der Waals surface area (Å²) in [4.78, 5) is 0. The average Bonchev–Trinajstić information content (AvgIpc) is 2.19. The SMILES string of the molecule is CO[C@@H]1CC(O)O[C@H](C)[C@H]1O[Si](C)(C)C(C)(C)C. The molecule has 4 atom stereocenters. The molecule has 1 rings (SSSR count). The van der Waals surface area contributed by atoms with Crippen molar-refractivity contribution in [3.8, 4) is 0 Å². The fourth-order valence-electron chi connectivity index (χ4n) is 1.93. The van der Waals surface area contributed by atoms with Crippen LogP contribution in [0.5, 0.6) is 0 Å². The summed E-state index contributed by atoms with van der Waals surface area (Å²) in [6, 6.07) is 0. The van der Waals surface area contributed by atoms with E-state index in [0.717, 1.165) is 0 Å². The molecule has 1 heterocycles. The molecule has 108 valence electrons. The van der Waals surface area contributed by atoms with Gasteiger partial charge in [-0.1, -0.05) is 20.8 Å². The molecule has 1 unspecified atom stereocenters. The van der Waals surface area contributed by atoms with Crippen molar-refractivity contribution in [2.45, 2.75) is 76.8 Å². The van der Waals surface area contributed by atoms with Gasteiger partial charge in [-0.25, -0.2) is 0 Å². The first kappa shape index (κ1) is 16.1. The van der Waals surface area contributed by atoms with Gasteiger partial charge in [0.2, 0.25) is 0 Å². The zero-order valence-electron chi connectivity index (χ0n) is 12.7. The Bertz CT molecular complexity index is 275. The molecule has 0 amide bonds. The fourth-order valence-corrected chi connectivity index (χ4v) is 3.31. The number of hydrogen-bond acceptors (Lipinski definition) is 4. The van der Waals surface area contributed by atoms with Crippen LogP contribution in [0.2, 0.25) is 18.1 Å². The molecule has 0 aromatic heterocycles. The molecule has 4 nitrogen and oxygen atoms in total. The maximum atomic E-state index is 9.61. The molecule has 1 saturated heterocycles.